The quantitative estimate of drug-likeness (QED) is 0.738. The molecule has 0 atom stereocenters. The van der Waals surface area contributed by atoms with Crippen LogP contribution in [0.25, 0.3) is 0 Å². The Morgan fingerprint density at radius 3 is 2.67 bits per heavy atom. The normalized spacial score (nSPS) is 10.4. The maximum absolute atomic E-state index is 10.9. The molecule has 0 saturated carbocycles. The first-order valence-corrected chi connectivity index (χ1v) is 5.65. The van der Waals surface area contributed by atoms with Crippen molar-refractivity contribution in [1.82, 2.24) is 4.98 Å². The zero-order chi connectivity index (χ0) is 13.5. The van der Waals surface area contributed by atoms with Gasteiger partial charge in [-0.3, -0.25) is 0 Å². The molecule has 0 aliphatic rings. The lowest BCUT2D eigenvalue weighted by Crippen LogP contribution is -2.31. The highest BCUT2D eigenvalue weighted by Crippen LogP contribution is 2.14. The van der Waals surface area contributed by atoms with Gasteiger partial charge in [-0.25, -0.2) is 9.78 Å². The molecule has 0 aliphatic carbocycles. The van der Waals surface area contributed by atoms with Crippen molar-refractivity contribution in [1.29, 1.82) is 0 Å². The molecule has 0 spiro atoms. The Bertz CT molecular complexity index is 409. The van der Waals surface area contributed by atoms with Gasteiger partial charge >= 0.3 is 5.97 Å². The minimum atomic E-state index is -0.989. The number of carboxylic acids is 1. The van der Waals surface area contributed by atoms with Crippen molar-refractivity contribution >= 4 is 11.8 Å². The van der Waals surface area contributed by atoms with E-state index >= 15 is 0 Å². The number of hydrogen-bond donors (Lipinski definition) is 2. The highest BCUT2D eigenvalue weighted by atomic mass is 16.5. The van der Waals surface area contributed by atoms with Crippen LogP contribution in [0.3, 0.4) is 0 Å². The SMILES string of the molecule is COCCN(CCO)c1ccc(C(=O)O)c(C)n1. The Balaban J connectivity index is 2.91. The monoisotopic (exact) mass is 254 g/mol. The zero-order valence-electron chi connectivity index (χ0n) is 10.6. The van der Waals surface area contributed by atoms with Crippen LogP contribution in [0.2, 0.25) is 0 Å². The molecule has 1 aromatic rings. The predicted octanol–water partition coefficient (Wildman–Crippen LogP) is 0.533. The van der Waals surface area contributed by atoms with E-state index in [0.717, 1.165) is 0 Å². The van der Waals surface area contributed by atoms with E-state index in [0.29, 0.717) is 31.2 Å². The number of hydrogen-bond acceptors (Lipinski definition) is 5. The minimum absolute atomic E-state index is 0.00508. The topological polar surface area (TPSA) is 82.9 Å². The lowest BCUT2D eigenvalue weighted by molar-refractivity contribution is 0.0695. The predicted molar refractivity (Wildman–Crippen MR) is 67.1 cm³/mol. The number of nitrogens with zero attached hydrogens (tertiary/aromatic N) is 2. The van der Waals surface area contributed by atoms with Crippen LogP contribution < -0.4 is 4.90 Å². The molecule has 100 valence electrons. The molecule has 6 heteroatoms. The van der Waals surface area contributed by atoms with Gasteiger partial charge in [0.15, 0.2) is 0 Å². The third kappa shape index (κ3) is 3.68. The Morgan fingerprint density at radius 2 is 2.17 bits per heavy atom. The van der Waals surface area contributed by atoms with Crippen molar-refractivity contribution in [2.45, 2.75) is 6.92 Å². The summed E-state index contributed by atoms with van der Waals surface area (Å²) in [5, 5.41) is 17.9. The molecule has 0 bridgehead atoms. The molecule has 6 nitrogen and oxygen atoms in total. The summed E-state index contributed by atoms with van der Waals surface area (Å²) < 4.78 is 4.99. The van der Waals surface area contributed by atoms with Crippen LogP contribution in [0.4, 0.5) is 5.82 Å². The van der Waals surface area contributed by atoms with Gasteiger partial charge < -0.3 is 19.8 Å². The van der Waals surface area contributed by atoms with Gasteiger partial charge in [-0.2, -0.15) is 0 Å². The summed E-state index contributed by atoms with van der Waals surface area (Å²) >= 11 is 0. The standard InChI is InChI=1S/C12H18N2O4/c1-9-10(12(16)17)3-4-11(13-9)14(5-7-15)6-8-18-2/h3-4,15H,5-8H2,1-2H3,(H,16,17). The molecular weight excluding hydrogens is 236 g/mol. The molecule has 0 aliphatic heterocycles. The molecule has 18 heavy (non-hydrogen) atoms. The van der Waals surface area contributed by atoms with E-state index in [1.54, 1.807) is 20.1 Å². The molecule has 0 aromatic carbocycles. The number of aromatic carboxylic acids is 1. The smallest absolute Gasteiger partial charge is 0.337 e. The highest BCUT2D eigenvalue weighted by Gasteiger charge is 2.12. The van der Waals surface area contributed by atoms with E-state index in [1.165, 1.54) is 6.07 Å². The van der Waals surface area contributed by atoms with E-state index in [2.05, 4.69) is 4.98 Å². The van der Waals surface area contributed by atoms with E-state index < -0.39 is 5.97 Å². The lowest BCUT2D eigenvalue weighted by atomic mass is 10.2. The molecule has 0 fully saturated rings. The summed E-state index contributed by atoms with van der Waals surface area (Å²) in [5.74, 6) is -0.347. The van der Waals surface area contributed by atoms with Crippen molar-refractivity contribution < 1.29 is 19.7 Å². The number of aliphatic hydroxyl groups excluding tert-OH is 1. The fraction of sp³-hybridized carbons (Fsp3) is 0.500. The molecule has 0 saturated heterocycles. The van der Waals surface area contributed by atoms with Gasteiger partial charge in [-0.1, -0.05) is 0 Å². The second-order valence-corrected chi connectivity index (χ2v) is 3.81. The number of pyridine rings is 1. The number of rotatable bonds is 7. The Morgan fingerprint density at radius 1 is 1.44 bits per heavy atom. The average molecular weight is 254 g/mol. The summed E-state index contributed by atoms with van der Waals surface area (Å²) in [4.78, 5) is 17.0. The third-order valence-corrected chi connectivity index (χ3v) is 2.56. The largest absolute Gasteiger partial charge is 0.478 e. The van der Waals surface area contributed by atoms with Crippen LogP contribution in [0.15, 0.2) is 12.1 Å². The maximum Gasteiger partial charge on any atom is 0.337 e. The Labute approximate surface area is 106 Å². The van der Waals surface area contributed by atoms with Crippen molar-refractivity contribution in [3.05, 3.63) is 23.4 Å². The van der Waals surface area contributed by atoms with Crippen LogP contribution in [0.1, 0.15) is 16.1 Å². The summed E-state index contributed by atoms with van der Waals surface area (Å²) in [5.41, 5.74) is 0.648. The molecule has 0 amide bonds. The molecular formula is C12H18N2O4. The van der Waals surface area contributed by atoms with Gasteiger partial charge in [0, 0.05) is 20.2 Å². The van der Waals surface area contributed by atoms with Crippen molar-refractivity contribution in [3.8, 4) is 0 Å². The van der Waals surface area contributed by atoms with Gasteiger partial charge in [0.25, 0.3) is 0 Å². The number of ether oxygens (including phenoxy) is 1. The first-order chi connectivity index (χ1) is 8.60. The first kappa shape index (κ1) is 14.4. The van der Waals surface area contributed by atoms with Crippen LogP contribution in [0.5, 0.6) is 0 Å². The van der Waals surface area contributed by atoms with E-state index in [1.807, 2.05) is 4.90 Å². The van der Waals surface area contributed by atoms with Gasteiger partial charge in [0.05, 0.1) is 24.5 Å². The number of aliphatic hydroxyl groups is 1. The Kier molecular flexibility index (Phi) is 5.54. The van der Waals surface area contributed by atoms with E-state index in [-0.39, 0.29) is 12.2 Å². The zero-order valence-corrected chi connectivity index (χ0v) is 10.6. The number of carbonyl (C=O) groups is 1. The van der Waals surface area contributed by atoms with Gasteiger partial charge in [0.2, 0.25) is 0 Å². The van der Waals surface area contributed by atoms with Crippen LogP contribution in [-0.4, -0.2) is 54.6 Å². The van der Waals surface area contributed by atoms with Crippen LogP contribution >= 0.6 is 0 Å². The average Bonchev–Trinajstić information content (AvgIpc) is 2.33. The van der Waals surface area contributed by atoms with Crippen molar-refractivity contribution in [2.75, 3.05) is 38.3 Å². The lowest BCUT2D eigenvalue weighted by Gasteiger charge is -2.22. The highest BCUT2D eigenvalue weighted by molar-refractivity contribution is 5.89. The fourth-order valence-corrected chi connectivity index (χ4v) is 1.61. The number of aromatic nitrogens is 1. The third-order valence-electron chi connectivity index (χ3n) is 2.56. The molecule has 2 N–H and O–H groups in total. The van der Waals surface area contributed by atoms with Gasteiger partial charge in [-0.15, -0.1) is 0 Å². The number of aryl methyl sites for hydroxylation is 1. The maximum atomic E-state index is 10.9. The second-order valence-electron chi connectivity index (χ2n) is 3.81. The summed E-state index contributed by atoms with van der Waals surface area (Å²) in [7, 11) is 1.60. The molecule has 1 heterocycles. The van der Waals surface area contributed by atoms with Crippen LogP contribution in [0, 0.1) is 6.92 Å². The number of methoxy groups -OCH3 is 1. The van der Waals surface area contributed by atoms with Crippen LogP contribution in [-0.2, 0) is 4.74 Å². The minimum Gasteiger partial charge on any atom is -0.478 e. The summed E-state index contributed by atoms with van der Waals surface area (Å²) in [6.45, 7) is 3.20. The van der Waals surface area contributed by atoms with Crippen molar-refractivity contribution in [2.24, 2.45) is 0 Å². The first-order valence-electron chi connectivity index (χ1n) is 5.65. The summed E-state index contributed by atoms with van der Waals surface area (Å²) in [6, 6.07) is 3.17. The fourth-order valence-electron chi connectivity index (χ4n) is 1.61. The Hall–Kier alpha value is -1.66. The van der Waals surface area contributed by atoms with Crippen molar-refractivity contribution in [3.63, 3.8) is 0 Å². The second kappa shape index (κ2) is 6.93. The van der Waals surface area contributed by atoms with Gasteiger partial charge in [-0.05, 0) is 19.1 Å². The number of anilines is 1. The molecule has 0 radical (unpaired) electrons. The molecule has 1 aromatic heterocycles. The molecule has 0 unspecified atom stereocenters. The number of carboxylic acid groups (broad SMARTS) is 1. The summed E-state index contributed by atoms with van der Waals surface area (Å²) in [6.07, 6.45) is 0. The molecule has 1 rings (SSSR count). The van der Waals surface area contributed by atoms with E-state index in [9.17, 15) is 4.79 Å². The van der Waals surface area contributed by atoms with Gasteiger partial charge in [0.1, 0.15) is 5.82 Å². The van der Waals surface area contributed by atoms with E-state index in [4.69, 9.17) is 14.9 Å².